The van der Waals surface area contributed by atoms with E-state index in [-0.39, 0.29) is 11.4 Å². The molecule has 1 atom stereocenters. The lowest BCUT2D eigenvalue weighted by Crippen LogP contribution is -2.18. The number of carbonyl (C=O) groups is 3. The molecule has 1 amide bonds. The number of aromatic hydroxyl groups is 1. The van der Waals surface area contributed by atoms with Gasteiger partial charge in [0.15, 0.2) is 5.82 Å². The number of aromatic nitrogens is 2. The number of phenols is 1. The van der Waals surface area contributed by atoms with Gasteiger partial charge >= 0.3 is 11.9 Å². The number of imidazole rings is 1. The largest absolute Gasteiger partial charge is 0.507 e. The van der Waals surface area contributed by atoms with Crippen LogP contribution in [0.3, 0.4) is 0 Å². The van der Waals surface area contributed by atoms with Gasteiger partial charge in [0.05, 0.1) is 11.9 Å². The number of anilines is 1. The van der Waals surface area contributed by atoms with Gasteiger partial charge < -0.3 is 25.2 Å². The molecule has 0 aliphatic carbocycles. The molecule has 1 aromatic heterocycles. The van der Waals surface area contributed by atoms with Gasteiger partial charge in [0.25, 0.3) is 5.91 Å². The van der Waals surface area contributed by atoms with Crippen LogP contribution in [0.4, 0.5) is 5.82 Å². The lowest BCUT2D eigenvalue weighted by Gasteiger charge is -2.13. The molecule has 1 aromatic carbocycles. The van der Waals surface area contributed by atoms with Gasteiger partial charge in [0.1, 0.15) is 17.4 Å². The van der Waals surface area contributed by atoms with E-state index >= 15 is 0 Å². The highest BCUT2D eigenvalue weighted by Crippen LogP contribution is 2.23. The first-order valence-corrected chi connectivity index (χ1v) is 8.98. The van der Waals surface area contributed by atoms with Gasteiger partial charge in [-0.15, -0.1) is 0 Å². The van der Waals surface area contributed by atoms with Crippen LogP contribution in [-0.4, -0.2) is 42.7 Å². The van der Waals surface area contributed by atoms with E-state index < -0.39 is 35.2 Å². The summed E-state index contributed by atoms with van der Waals surface area (Å²) in [4.78, 5) is 39.2. The molecule has 9 nitrogen and oxygen atoms in total. The van der Waals surface area contributed by atoms with Gasteiger partial charge in [0, 0.05) is 6.20 Å². The average Bonchev–Trinajstić information content (AvgIpc) is 3.08. The summed E-state index contributed by atoms with van der Waals surface area (Å²) in [7, 11) is 0. The third-order valence-corrected chi connectivity index (χ3v) is 4.32. The molecule has 0 fully saturated rings. The first kappa shape index (κ1) is 20.9. The van der Waals surface area contributed by atoms with E-state index in [1.807, 2.05) is 0 Å². The summed E-state index contributed by atoms with van der Waals surface area (Å²) in [5.41, 5.74) is -0.741. The van der Waals surface area contributed by atoms with Crippen molar-refractivity contribution in [1.82, 2.24) is 9.55 Å². The summed E-state index contributed by atoms with van der Waals surface area (Å²) in [6, 6.07) is 2.99. The van der Waals surface area contributed by atoms with Crippen molar-refractivity contribution in [3.8, 4) is 5.75 Å². The maximum absolute atomic E-state index is 12.4. The first-order valence-electron chi connectivity index (χ1n) is 8.98. The lowest BCUT2D eigenvalue weighted by atomic mass is 10.1. The van der Waals surface area contributed by atoms with Crippen LogP contribution < -0.4 is 5.32 Å². The smallest absolute Gasteiger partial charge is 0.340 e. The van der Waals surface area contributed by atoms with Crippen LogP contribution in [0, 0.1) is 0 Å². The van der Waals surface area contributed by atoms with E-state index in [0.29, 0.717) is 6.42 Å². The van der Waals surface area contributed by atoms with Crippen molar-refractivity contribution in [3.05, 3.63) is 41.9 Å². The predicted molar refractivity (Wildman–Crippen MR) is 101 cm³/mol. The Morgan fingerprint density at radius 3 is 2.57 bits per heavy atom. The summed E-state index contributed by atoms with van der Waals surface area (Å²) in [6.45, 7) is 2.07. The van der Waals surface area contributed by atoms with E-state index in [1.165, 1.54) is 35.3 Å². The van der Waals surface area contributed by atoms with Crippen molar-refractivity contribution in [1.29, 1.82) is 0 Å². The molecule has 0 saturated heterocycles. The number of benzene rings is 1. The highest BCUT2D eigenvalue weighted by atomic mass is 16.4. The molecular weight excluding hydrogens is 366 g/mol. The van der Waals surface area contributed by atoms with E-state index in [9.17, 15) is 29.7 Å². The number of aromatic carboxylic acids is 1. The molecule has 1 heterocycles. The standard InChI is InChI=1S/C19H23N3O6/c1-2-3-4-5-8-13(18(25)26)22-10-15(20-11-22)21-17(24)12-7-6-9-14(23)16(12)19(27)28/h6-7,9-11,13,23H,2-5,8H2,1H3,(H,21,24)(H,25,26)(H,27,28). The summed E-state index contributed by atoms with van der Waals surface area (Å²) in [5, 5.41) is 30.8. The fraction of sp³-hybridized carbons (Fsp3) is 0.368. The zero-order valence-corrected chi connectivity index (χ0v) is 15.5. The predicted octanol–water partition coefficient (Wildman–Crippen LogP) is 3.14. The molecule has 4 N–H and O–H groups in total. The molecule has 150 valence electrons. The lowest BCUT2D eigenvalue weighted by molar-refractivity contribution is -0.141. The number of amides is 1. The number of rotatable bonds is 10. The normalized spacial score (nSPS) is 11.8. The second-order valence-electron chi connectivity index (χ2n) is 6.37. The zero-order chi connectivity index (χ0) is 20.7. The minimum absolute atomic E-state index is 0.0875. The minimum atomic E-state index is -1.44. The van der Waals surface area contributed by atoms with E-state index in [2.05, 4.69) is 17.2 Å². The van der Waals surface area contributed by atoms with E-state index in [0.717, 1.165) is 25.7 Å². The summed E-state index contributed by atoms with van der Waals surface area (Å²) >= 11 is 0. The van der Waals surface area contributed by atoms with E-state index in [4.69, 9.17) is 0 Å². The molecule has 0 aliphatic heterocycles. The van der Waals surface area contributed by atoms with Gasteiger partial charge in [-0.25, -0.2) is 14.6 Å². The topological polar surface area (TPSA) is 142 Å². The summed E-state index contributed by atoms with van der Waals surface area (Å²) in [6.07, 6.45) is 6.92. The van der Waals surface area contributed by atoms with Crippen LogP contribution in [0.1, 0.15) is 65.8 Å². The third kappa shape index (κ3) is 5.09. The second kappa shape index (κ2) is 9.54. The number of carbonyl (C=O) groups excluding carboxylic acids is 1. The van der Waals surface area contributed by atoms with Gasteiger partial charge in [0.2, 0.25) is 0 Å². The number of hydrogen-bond donors (Lipinski definition) is 4. The Morgan fingerprint density at radius 2 is 1.93 bits per heavy atom. The maximum atomic E-state index is 12.4. The first-order chi connectivity index (χ1) is 13.3. The third-order valence-electron chi connectivity index (χ3n) is 4.32. The van der Waals surface area contributed by atoms with Crippen molar-refractivity contribution < 1.29 is 29.7 Å². The van der Waals surface area contributed by atoms with Gasteiger partial charge in [-0.2, -0.15) is 0 Å². The Kier molecular flexibility index (Phi) is 7.14. The number of aliphatic carboxylic acids is 1. The van der Waals surface area contributed by atoms with Crippen LogP contribution in [0.25, 0.3) is 0 Å². The number of carboxylic acids is 2. The average molecular weight is 389 g/mol. The molecule has 0 bridgehead atoms. The van der Waals surface area contributed by atoms with Crippen LogP contribution in [0.2, 0.25) is 0 Å². The summed E-state index contributed by atoms with van der Waals surface area (Å²) in [5.74, 6) is -3.64. The fourth-order valence-electron chi connectivity index (χ4n) is 2.87. The monoisotopic (exact) mass is 389 g/mol. The molecule has 9 heteroatoms. The Morgan fingerprint density at radius 1 is 1.18 bits per heavy atom. The molecular formula is C19H23N3O6. The van der Waals surface area contributed by atoms with Crippen molar-refractivity contribution in [2.24, 2.45) is 0 Å². The quantitative estimate of drug-likeness (QED) is 0.457. The Labute approximate surface area is 161 Å². The van der Waals surface area contributed by atoms with Crippen LogP contribution in [-0.2, 0) is 4.79 Å². The molecule has 0 radical (unpaired) electrons. The summed E-state index contributed by atoms with van der Waals surface area (Å²) < 4.78 is 1.41. The highest BCUT2D eigenvalue weighted by molar-refractivity contribution is 6.11. The number of nitrogens with one attached hydrogen (secondary N) is 1. The maximum Gasteiger partial charge on any atom is 0.340 e. The van der Waals surface area contributed by atoms with E-state index in [1.54, 1.807) is 0 Å². The van der Waals surface area contributed by atoms with Gasteiger partial charge in [-0.1, -0.05) is 38.7 Å². The van der Waals surface area contributed by atoms with Gasteiger partial charge in [-0.3, -0.25) is 4.79 Å². The second-order valence-corrected chi connectivity index (χ2v) is 6.37. The number of carboxylic acid groups (broad SMARTS) is 2. The van der Waals surface area contributed by atoms with Crippen molar-refractivity contribution >= 4 is 23.7 Å². The van der Waals surface area contributed by atoms with Crippen LogP contribution in [0.15, 0.2) is 30.7 Å². The van der Waals surface area contributed by atoms with Crippen molar-refractivity contribution in [2.45, 2.75) is 45.1 Å². The molecule has 2 rings (SSSR count). The molecule has 1 unspecified atom stereocenters. The SMILES string of the molecule is CCCCCCC(C(=O)O)n1cnc(NC(=O)c2cccc(O)c2C(=O)O)c1. The molecule has 0 spiro atoms. The Balaban J connectivity index is 2.13. The van der Waals surface area contributed by atoms with Gasteiger partial charge in [-0.05, 0) is 18.6 Å². The molecule has 28 heavy (non-hydrogen) atoms. The Bertz CT molecular complexity index is 861. The number of unbranched alkanes of at least 4 members (excludes halogenated alkanes) is 3. The highest BCUT2D eigenvalue weighted by Gasteiger charge is 2.22. The number of nitrogens with zero attached hydrogens (tertiary/aromatic N) is 2. The van der Waals surface area contributed by atoms with Crippen LogP contribution >= 0.6 is 0 Å². The fourth-order valence-corrected chi connectivity index (χ4v) is 2.87. The Hall–Kier alpha value is -3.36. The van der Waals surface area contributed by atoms with Crippen LogP contribution in [0.5, 0.6) is 5.75 Å². The van der Waals surface area contributed by atoms with Crippen molar-refractivity contribution in [3.63, 3.8) is 0 Å². The van der Waals surface area contributed by atoms with Crippen molar-refractivity contribution in [2.75, 3.05) is 5.32 Å². The molecule has 2 aromatic rings. The number of hydrogen-bond acceptors (Lipinski definition) is 5. The minimum Gasteiger partial charge on any atom is -0.507 e. The molecule has 0 saturated carbocycles. The molecule has 0 aliphatic rings. The zero-order valence-electron chi connectivity index (χ0n) is 15.5.